The standard InChI is InChI=1S/C20H26O3/c1-5-13(2)14-6-8-16(9-7-14)23-18(22)20-11-10-15(12-17(20)21)19(20,3)4/h6-9,13,15H,5,10-12H2,1-4H3. The molecular weight excluding hydrogens is 288 g/mol. The quantitative estimate of drug-likeness (QED) is 0.467. The van der Waals surface area contributed by atoms with E-state index >= 15 is 0 Å². The van der Waals surface area contributed by atoms with Crippen molar-refractivity contribution in [3.63, 3.8) is 0 Å². The molecule has 124 valence electrons. The number of ketones is 1. The zero-order valence-electron chi connectivity index (χ0n) is 14.5. The number of Topliss-reactive ketones (excluding diaryl/α,β-unsaturated/α-hetero) is 1. The second kappa shape index (κ2) is 5.47. The van der Waals surface area contributed by atoms with E-state index in [1.54, 1.807) is 0 Å². The summed E-state index contributed by atoms with van der Waals surface area (Å²) in [7, 11) is 0. The first-order valence-corrected chi connectivity index (χ1v) is 8.68. The smallest absolute Gasteiger partial charge is 0.325 e. The molecule has 0 spiro atoms. The van der Waals surface area contributed by atoms with Gasteiger partial charge in [0.25, 0.3) is 0 Å². The summed E-state index contributed by atoms with van der Waals surface area (Å²) < 4.78 is 5.63. The zero-order chi connectivity index (χ0) is 16.8. The molecule has 0 N–H and O–H groups in total. The summed E-state index contributed by atoms with van der Waals surface area (Å²) in [6, 6.07) is 7.70. The normalized spacial score (nSPS) is 29.6. The van der Waals surface area contributed by atoms with E-state index in [0.717, 1.165) is 12.8 Å². The summed E-state index contributed by atoms with van der Waals surface area (Å²) in [5.41, 5.74) is 0.00824. The molecule has 0 heterocycles. The van der Waals surface area contributed by atoms with Gasteiger partial charge < -0.3 is 4.74 Å². The van der Waals surface area contributed by atoms with Gasteiger partial charge in [-0.25, -0.2) is 0 Å². The summed E-state index contributed by atoms with van der Waals surface area (Å²) in [6.07, 6.45) is 3.18. The third-order valence-corrected chi connectivity index (χ3v) is 6.52. The maximum absolute atomic E-state index is 12.9. The molecule has 2 bridgehead atoms. The SMILES string of the molecule is CCC(C)c1ccc(OC(=O)C23CCC(CC2=O)C3(C)C)cc1. The highest BCUT2D eigenvalue weighted by Crippen LogP contribution is 2.64. The zero-order valence-corrected chi connectivity index (χ0v) is 14.5. The molecule has 3 nitrogen and oxygen atoms in total. The Labute approximate surface area is 138 Å². The van der Waals surface area contributed by atoms with Crippen LogP contribution >= 0.6 is 0 Å². The van der Waals surface area contributed by atoms with Crippen LogP contribution in [0.2, 0.25) is 0 Å². The Bertz CT molecular complexity index is 629. The third kappa shape index (κ3) is 2.24. The number of rotatable bonds is 4. The molecule has 3 heteroatoms. The highest BCUT2D eigenvalue weighted by atomic mass is 16.5. The summed E-state index contributed by atoms with van der Waals surface area (Å²) in [6.45, 7) is 8.42. The van der Waals surface area contributed by atoms with Crippen LogP contribution in [0.5, 0.6) is 5.75 Å². The first kappa shape index (κ1) is 16.2. The van der Waals surface area contributed by atoms with Crippen LogP contribution in [0.4, 0.5) is 0 Å². The number of benzene rings is 1. The van der Waals surface area contributed by atoms with E-state index in [0.29, 0.717) is 30.4 Å². The lowest BCUT2D eigenvalue weighted by Gasteiger charge is -2.33. The molecule has 0 aromatic heterocycles. The first-order chi connectivity index (χ1) is 10.8. The van der Waals surface area contributed by atoms with E-state index in [2.05, 4.69) is 13.8 Å². The summed E-state index contributed by atoms with van der Waals surface area (Å²) in [4.78, 5) is 25.3. The summed E-state index contributed by atoms with van der Waals surface area (Å²) in [5, 5.41) is 0. The number of hydrogen-bond acceptors (Lipinski definition) is 3. The molecule has 23 heavy (non-hydrogen) atoms. The molecule has 2 fully saturated rings. The second-order valence-electron chi connectivity index (χ2n) is 7.76. The molecule has 0 saturated heterocycles. The minimum atomic E-state index is -0.937. The molecular formula is C20H26O3. The van der Waals surface area contributed by atoms with Crippen molar-refractivity contribution >= 4 is 11.8 Å². The van der Waals surface area contributed by atoms with Gasteiger partial charge in [0.05, 0.1) is 0 Å². The number of carbonyl (C=O) groups is 2. The van der Waals surface area contributed by atoms with E-state index in [9.17, 15) is 9.59 Å². The lowest BCUT2D eigenvalue weighted by molar-refractivity contribution is -0.156. The number of hydrogen-bond donors (Lipinski definition) is 0. The minimum absolute atomic E-state index is 0.0694. The molecule has 1 aromatic rings. The average molecular weight is 314 g/mol. The molecule has 2 aliphatic carbocycles. The van der Waals surface area contributed by atoms with Crippen LogP contribution in [-0.2, 0) is 9.59 Å². The molecule has 1 aromatic carbocycles. The molecule has 0 amide bonds. The predicted octanol–water partition coefficient (Wildman–Crippen LogP) is 4.50. The Balaban J connectivity index is 1.81. The molecule has 2 saturated carbocycles. The fourth-order valence-electron chi connectivity index (χ4n) is 4.45. The van der Waals surface area contributed by atoms with Gasteiger partial charge >= 0.3 is 5.97 Å². The summed E-state index contributed by atoms with van der Waals surface area (Å²) in [5.74, 6) is 1.05. The van der Waals surface area contributed by atoms with Gasteiger partial charge in [-0.2, -0.15) is 0 Å². The van der Waals surface area contributed by atoms with Crippen LogP contribution in [0.25, 0.3) is 0 Å². The monoisotopic (exact) mass is 314 g/mol. The Kier molecular flexibility index (Phi) is 3.86. The van der Waals surface area contributed by atoms with Gasteiger partial charge in [-0.1, -0.05) is 39.8 Å². The highest BCUT2D eigenvalue weighted by Gasteiger charge is 2.69. The Hall–Kier alpha value is -1.64. The van der Waals surface area contributed by atoms with Crippen LogP contribution in [-0.4, -0.2) is 11.8 Å². The van der Waals surface area contributed by atoms with Crippen molar-refractivity contribution in [3.8, 4) is 5.75 Å². The Morgan fingerprint density at radius 2 is 1.96 bits per heavy atom. The molecule has 0 radical (unpaired) electrons. The van der Waals surface area contributed by atoms with Gasteiger partial charge in [-0.05, 0) is 54.2 Å². The fourth-order valence-corrected chi connectivity index (χ4v) is 4.45. The minimum Gasteiger partial charge on any atom is -0.426 e. The average Bonchev–Trinajstić information content (AvgIpc) is 2.90. The van der Waals surface area contributed by atoms with Crippen LogP contribution < -0.4 is 4.74 Å². The Morgan fingerprint density at radius 3 is 2.43 bits per heavy atom. The van der Waals surface area contributed by atoms with Gasteiger partial charge in [0.15, 0.2) is 5.78 Å². The maximum atomic E-state index is 12.9. The fraction of sp³-hybridized carbons (Fsp3) is 0.600. The van der Waals surface area contributed by atoms with Crippen molar-refractivity contribution in [2.75, 3.05) is 0 Å². The molecule has 0 aliphatic heterocycles. The van der Waals surface area contributed by atoms with Crippen molar-refractivity contribution in [1.29, 1.82) is 0 Å². The van der Waals surface area contributed by atoms with Crippen molar-refractivity contribution in [1.82, 2.24) is 0 Å². The van der Waals surface area contributed by atoms with Crippen LogP contribution in [0.1, 0.15) is 64.9 Å². The number of esters is 1. The van der Waals surface area contributed by atoms with Crippen LogP contribution in [0.3, 0.4) is 0 Å². The first-order valence-electron chi connectivity index (χ1n) is 8.68. The maximum Gasteiger partial charge on any atom is 0.325 e. The van der Waals surface area contributed by atoms with Gasteiger partial charge in [-0.15, -0.1) is 0 Å². The van der Waals surface area contributed by atoms with E-state index in [1.807, 2.05) is 38.1 Å². The molecule has 3 rings (SSSR count). The molecule has 3 atom stereocenters. The van der Waals surface area contributed by atoms with Crippen molar-refractivity contribution < 1.29 is 14.3 Å². The van der Waals surface area contributed by atoms with Gasteiger partial charge in [0, 0.05) is 6.42 Å². The predicted molar refractivity (Wildman–Crippen MR) is 89.3 cm³/mol. The molecule has 3 unspecified atom stereocenters. The van der Waals surface area contributed by atoms with Gasteiger partial charge in [0.2, 0.25) is 0 Å². The van der Waals surface area contributed by atoms with Crippen molar-refractivity contribution in [2.24, 2.45) is 16.7 Å². The van der Waals surface area contributed by atoms with E-state index in [1.165, 1.54) is 5.56 Å². The van der Waals surface area contributed by atoms with E-state index < -0.39 is 5.41 Å². The van der Waals surface area contributed by atoms with Gasteiger partial charge in [0.1, 0.15) is 11.2 Å². The topological polar surface area (TPSA) is 43.4 Å². The molecule has 2 aliphatic rings. The number of carbonyl (C=O) groups excluding carboxylic acids is 2. The van der Waals surface area contributed by atoms with E-state index in [4.69, 9.17) is 4.74 Å². The lowest BCUT2D eigenvalue weighted by atomic mass is 9.69. The lowest BCUT2D eigenvalue weighted by Crippen LogP contribution is -2.45. The summed E-state index contributed by atoms with van der Waals surface area (Å²) >= 11 is 0. The van der Waals surface area contributed by atoms with Crippen molar-refractivity contribution in [3.05, 3.63) is 29.8 Å². The van der Waals surface area contributed by atoms with Crippen LogP contribution in [0, 0.1) is 16.7 Å². The van der Waals surface area contributed by atoms with Crippen molar-refractivity contribution in [2.45, 2.75) is 59.3 Å². The number of fused-ring (bicyclic) bond motifs is 2. The van der Waals surface area contributed by atoms with Gasteiger partial charge in [-0.3, -0.25) is 9.59 Å². The Morgan fingerprint density at radius 1 is 1.30 bits per heavy atom. The second-order valence-corrected chi connectivity index (χ2v) is 7.76. The van der Waals surface area contributed by atoms with E-state index in [-0.39, 0.29) is 17.2 Å². The van der Waals surface area contributed by atoms with Crippen LogP contribution in [0.15, 0.2) is 24.3 Å². The highest BCUT2D eigenvalue weighted by molar-refractivity contribution is 6.08. The largest absolute Gasteiger partial charge is 0.426 e. The third-order valence-electron chi connectivity index (χ3n) is 6.52. The number of ether oxygens (including phenoxy) is 1.